The molecule has 0 saturated heterocycles. The van der Waals surface area contributed by atoms with E-state index in [1.807, 2.05) is 13.0 Å². The third-order valence-electron chi connectivity index (χ3n) is 2.94. The van der Waals surface area contributed by atoms with Crippen molar-refractivity contribution < 1.29 is 19.0 Å². The number of rotatable bonds is 4. The molecule has 0 aromatic heterocycles. The fourth-order valence-electron chi connectivity index (χ4n) is 1.99. The maximum atomic E-state index is 10.7. The average molecular weight is 315 g/mol. The van der Waals surface area contributed by atoms with E-state index in [0.717, 1.165) is 16.3 Å². The third-order valence-corrected chi connectivity index (χ3v) is 3.66. The zero-order valence-electron chi connectivity index (χ0n) is 10.4. The Morgan fingerprint density at radius 2 is 2.22 bits per heavy atom. The highest BCUT2D eigenvalue weighted by Crippen LogP contribution is 2.47. The molecule has 18 heavy (non-hydrogen) atoms. The van der Waals surface area contributed by atoms with E-state index in [2.05, 4.69) is 15.9 Å². The van der Waals surface area contributed by atoms with E-state index in [4.69, 9.17) is 14.2 Å². The van der Waals surface area contributed by atoms with Crippen LogP contribution in [0.2, 0.25) is 0 Å². The molecule has 4 nitrogen and oxygen atoms in total. The maximum absolute atomic E-state index is 10.7. The summed E-state index contributed by atoms with van der Waals surface area (Å²) < 4.78 is 17.3. The number of hydrogen-bond acceptors (Lipinski definition) is 4. The first-order chi connectivity index (χ1) is 8.69. The number of methoxy groups -OCH3 is 1. The Kier molecular flexibility index (Phi) is 4.11. The summed E-state index contributed by atoms with van der Waals surface area (Å²) in [5.41, 5.74) is 0.945. The maximum Gasteiger partial charge on any atom is 0.179 e. The molecule has 0 bridgehead atoms. The number of aldehydes is 1. The van der Waals surface area contributed by atoms with Crippen molar-refractivity contribution in [2.24, 2.45) is 0 Å². The Morgan fingerprint density at radius 3 is 2.89 bits per heavy atom. The highest BCUT2D eigenvalue weighted by Gasteiger charge is 2.24. The lowest BCUT2D eigenvalue weighted by atomic mass is 9.96. The van der Waals surface area contributed by atoms with Crippen LogP contribution in [-0.2, 0) is 4.79 Å². The van der Waals surface area contributed by atoms with Gasteiger partial charge in [-0.05, 0) is 27.9 Å². The van der Waals surface area contributed by atoms with Crippen molar-refractivity contribution in [1.82, 2.24) is 0 Å². The number of benzene rings is 1. The number of halogens is 1. The van der Waals surface area contributed by atoms with E-state index in [1.165, 1.54) is 0 Å². The normalized spacial score (nSPS) is 15.1. The van der Waals surface area contributed by atoms with Crippen LogP contribution in [0.1, 0.15) is 24.8 Å². The number of hydrogen-bond donors (Lipinski definition) is 0. The molecule has 1 aliphatic rings. The lowest BCUT2D eigenvalue weighted by Crippen LogP contribution is -2.16. The first-order valence-electron chi connectivity index (χ1n) is 5.78. The second-order valence-corrected chi connectivity index (χ2v) is 4.93. The van der Waals surface area contributed by atoms with Crippen LogP contribution >= 0.6 is 15.9 Å². The van der Waals surface area contributed by atoms with Crippen LogP contribution < -0.4 is 14.2 Å². The van der Waals surface area contributed by atoms with Crippen LogP contribution in [0.5, 0.6) is 17.2 Å². The molecule has 2 rings (SSSR count). The summed E-state index contributed by atoms with van der Waals surface area (Å²) in [6.07, 6.45) is 1.36. The molecular weight excluding hydrogens is 300 g/mol. The lowest BCUT2D eigenvalue weighted by molar-refractivity contribution is -0.108. The molecule has 0 N–H and O–H groups in total. The Balaban J connectivity index is 2.51. The van der Waals surface area contributed by atoms with Gasteiger partial charge in [-0.1, -0.05) is 6.92 Å². The van der Waals surface area contributed by atoms with Gasteiger partial charge in [0, 0.05) is 12.0 Å². The van der Waals surface area contributed by atoms with Crippen molar-refractivity contribution in [3.63, 3.8) is 0 Å². The summed E-state index contributed by atoms with van der Waals surface area (Å²) in [7, 11) is 1.60. The second-order valence-electron chi connectivity index (χ2n) is 4.14. The van der Waals surface area contributed by atoms with Gasteiger partial charge in [-0.15, -0.1) is 0 Å². The average Bonchev–Trinajstić information content (AvgIpc) is 2.39. The van der Waals surface area contributed by atoms with Gasteiger partial charge in [0.05, 0.1) is 7.11 Å². The van der Waals surface area contributed by atoms with Crippen molar-refractivity contribution in [3.05, 3.63) is 16.1 Å². The van der Waals surface area contributed by atoms with Crippen LogP contribution in [0.4, 0.5) is 0 Å². The Hall–Kier alpha value is -1.23. The molecular formula is C13H15BrO4. The van der Waals surface area contributed by atoms with Gasteiger partial charge in [0.25, 0.3) is 0 Å². The Bertz CT molecular complexity index is 459. The highest BCUT2D eigenvalue weighted by atomic mass is 79.9. The first-order valence-corrected chi connectivity index (χ1v) is 6.58. The minimum atomic E-state index is 0.0737. The number of carbonyl (C=O) groups is 1. The van der Waals surface area contributed by atoms with Gasteiger partial charge in [-0.3, -0.25) is 0 Å². The summed E-state index contributed by atoms with van der Waals surface area (Å²) in [4.78, 5) is 10.7. The summed E-state index contributed by atoms with van der Waals surface area (Å²) in [5.74, 6) is 2.14. The Morgan fingerprint density at radius 1 is 1.50 bits per heavy atom. The fourth-order valence-corrected chi connectivity index (χ4v) is 2.69. The van der Waals surface area contributed by atoms with Crippen molar-refractivity contribution in [1.29, 1.82) is 0 Å². The van der Waals surface area contributed by atoms with Crippen LogP contribution in [0.15, 0.2) is 10.5 Å². The van der Waals surface area contributed by atoms with Gasteiger partial charge in [0.2, 0.25) is 0 Å². The molecule has 0 fully saturated rings. The van der Waals surface area contributed by atoms with Crippen LogP contribution in [0.3, 0.4) is 0 Å². The molecule has 5 heteroatoms. The predicted molar refractivity (Wildman–Crippen MR) is 70.8 cm³/mol. The van der Waals surface area contributed by atoms with Gasteiger partial charge in [-0.25, -0.2) is 0 Å². The van der Waals surface area contributed by atoms with E-state index >= 15 is 0 Å². The monoisotopic (exact) mass is 314 g/mol. The van der Waals surface area contributed by atoms with E-state index < -0.39 is 0 Å². The fraction of sp³-hybridized carbons (Fsp3) is 0.462. The molecule has 1 atom stereocenters. The summed E-state index contributed by atoms with van der Waals surface area (Å²) >= 11 is 3.48. The van der Waals surface area contributed by atoms with Gasteiger partial charge in [0.15, 0.2) is 11.5 Å². The number of carbonyl (C=O) groups excluding carboxylic acids is 1. The van der Waals surface area contributed by atoms with E-state index in [-0.39, 0.29) is 5.92 Å². The van der Waals surface area contributed by atoms with Crippen molar-refractivity contribution in [3.8, 4) is 17.2 Å². The minimum absolute atomic E-state index is 0.0737. The Labute approximate surface area is 114 Å². The number of fused-ring (bicyclic) bond motifs is 1. The predicted octanol–water partition coefficient (Wildman–Crippen LogP) is 2.92. The molecule has 0 amide bonds. The van der Waals surface area contributed by atoms with Crippen LogP contribution in [0, 0.1) is 0 Å². The van der Waals surface area contributed by atoms with Gasteiger partial charge in [-0.2, -0.15) is 0 Å². The molecule has 0 saturated carbocycles. The van der Waals surface area contributed by atoms with Gasteiger partial charge in [0.1, 0.15) is 29.7 Å². The van der Waals surface area contributed by atoms with E-state index in [0.29, 0.717) is 36.9 Å². The highest BCUT2D eigenvalue weighted by molar-refractivity contribution is 9.10. The van der Waals surface area contributed by atoms with Gasteiger partial charge < -0.3 is 19.0 Å². The molecule has 1 aromatic rings. The van der Waals surface area contributed by atoms with Crippen LogP contribution in [0.25, 0.3) is 0 Å². The lowest BCUT2D eigenvalue weighted by Gasteiger charge is -2.24. The number of ether oxygens (including phenoxy) is 3. The zero-order chi connectivity index (χ0) is 13.1. The zero-order valence-corrected chi connectivity index (χ0v) is 12.0. The summed E-state index contributed by atoms with van der Waals surface area (Å²) in [6, 6.07) is 1.90. The summed E-state index contributed by atoms with van der Waals surface area (Å²) in [6.45, 7) is 3.04. The van der Waals surface area contributed by atoms with E-state index in [1.54, 1.807) is 7.11 Å². The molecule has 1 aliphatic heterocycles. The van der Waals surface area contributed by atoms with Crippen molar-refractivity contribution >= 4 is 22.2 Å². The molecule has 98 valence electrons. The second kappa shape index (κ2) is 5.61. The quantitative estimate of drug-likeness (QED) is 0.802. The topological polar surface area (TPSA) is 44.8 Å². The standard InChI is InChI=1S/C13H15BrO4/c1-8(3-4-15)9-7-10-13(18-6-5-17-10)11(14)12(9)16-2/h4,7-8H,3,5-6H2,1-2H3. The smallest absolute Gasteiger partial charge is 0.179 e. The molecule has 1 unspecified atom stereocenters. The first kappa shape index (κ1) is 13.2. The minimum Gasteiger partial charge on any atom is -0.495 e. The molecule has 0 aliphatic carbocycles. The molecule has 0 spiro atoms. The molecule has 1 heterocycles. The van der Waals surface area contributed by atoms with Crippen molar-refractivity contribution in [2.75, 3.05) is 20.3 Å². The SMILES string of the molecule is COc1c(C(C)CC=O)cc2c(c1Br)OCCO2. The van der Waals surface area contributed by atoms with Crippen molar-refractivity contribution in [2.45, 2.75) is 19.3 Å². The third kappa shape index (κ3) is 2.32. The largest absolute Gasteiger partial charge is 0.495 e. The van der Waals surface area contributed by atoms with Gasteiger partial charge >= 0.3 is 0 Å². The summed E-state index contributed by atoms with van der Waals surface area (Å²) in [5, 5.41) is 0. The van der Waals surface area contributed by atoms with E-state index in [9.17, 15) is 4.79 Å². The van der Waals surface area contributed by atoms with Crippen LogP contribution in [-0.4, -0.2) is 26.6 Å². The molecule has 1 aromatic carbocycles. The molecule has 0 radical (unpaired) electrons.